The summed E-state index contributed by atoms with van der Waals surface area (Å²) in [7, 11) is 1.41. The van der Waals surface area contributed by atoms with E-state index >= 15 is 0 Å². The van der Waals surface area contributed by atoms with E-state index < -0.39 is 25.0 Å². The predicted octanol–water partition coefficient (Wildman–Crippen LogP) is 1.32. The van der Waals surface area contributed by atoms with Crippen molar-refractivity contribution in [1.82, 2.24) is 0 Å². The SMILES string of the molecule is COc1ccc(Cl)cc1N(CC(=O)O)CC(=O)O. The van der Waals surface area contributed by atoms with Crippen LogP contribution in [0.1, 0.15) is 0 Å². The molecular formula is C11H12ClNO5. The molecule has 0 spiro atoms. The highest BCUT2D eigenvalue weighted by Crippen LogP contribution is 2.31. The van der Waals surface area contributed by atoms with Gasteiger partial charge in [0, 0.05) is 5.02 Å². The third kappa shape index (κ3) is 3.81. The fourth-order valence-corrected chi connectivity index (χ4v) is 1.63. The van der Waals surface area contributed by atoms with Crippen LogP contribution in [0.15, 0.2) is 18.2 Å². The van der Waals surface area contributed by atoms with Crippen molar-refractivity contribution in [3.8, 4) is 5.75 Å². The monoisotopic (exact) mass is 273 g/mol. The molecule has 1 rings (SSSR count). The van der Waals surface area contributed by atoms with Crippen molar-refractivity contribution in [2.75, 3.05) is 25.1 Å². The molecule has 0 aliphatic heterocycles. The van der Waals surface area contributed by atoms with Crippen LogP contribution < -0.4 is 9.64 Å². The maximum atomic E-state index is 10.7. The molecule has 1 aromatic rings. The van der Waals surface area contributed by atoms with Crippen LogP contribution in [0.2, 0.25) is 5.02 Å². The molecule has 18 heavy (non-hydrogen) atoms. The van der Waals surface area contributed by atoms with E-state index in [0.717, 1.165) is 4.90 Å². The summed E-state index contributed by atoms with van der Waals surface area (Å²) in [4.78, 5) is 22.6. The van der Waals surface area contributed by atoms with Gasteiger partial charge in [0.1, 0.15) is 18.8 Å². The van der Waals surface area contributed by atoms with Crippen molar-refractivity contribution < 1.29 is 24.5 Å². The predicted molar refractivity (Wildman–Crippen MR) is 65.5 cm³/mol. The first kappa shape index (κ1) is 14.1. The van der Waals surface area contributed by atoms with E-state index in [2.05, 4.69) is 0 Å². The molecule has 0 heterocycles. The largest absolute Gasteiger partial charge is 0.495 e. The Labute approximate surface area is 108 Å². The van der Waals surface area contributed by atoms with Crippen LogP contribution in [-0.2, 0) is 9.59 Å². The van der Waals surface area contributed by atoms with Gasteiger partial charge in [0.15, 0.2) is 0 Å². The molecule has 0 unspecified atom stereocenters. The molecule has 0 aliphatic carbocycles. The molecular weight excluding hydrogens is 262 g/mol. The number of methoxy groups -OCH3 is 1. The van der Waals surface area contributed by atoms with E-state index in [1.165, 1.54) is 13.2 Å². The van der Waals surface area contributed by atoms with E-state index in [1.54, 1.807) is 12.1 Å². The van der Waals surface area contributed by atoms with Crippen LogP contribution >= 0.6 is 11.6 Å². The summed E-state index contributed by atoms with van der Waals surface area (Å²) in [6, 6.07) is 4.59. The Kier molecular flexibility index (Phi) is 4.79. The van der Waals surface area contributed by atoms with Gasteiger partial charge < -0.3 is 19.8 Å². The smallest absolute Gasteiger partial charge is 0.323 e. The zero-order valence-electron chi connectivity index (χ0n) is 9.59. The molecule has 0 saturated carbocycles. The molecule has 0 aromatic heterocycles. The van der Waals surface area contributed by atoms with Crippen molar-refractivity contribution in [1.29, 1.82) is 0 Å². The van der Waals surface area contributed by atoms with Gasteiger partial charge in [-0.25, -0.2) is 0 Å². The summed E-state index contributed by atoms with van der Waals surface area (Å²) < 4.78 is 5.06. The van der Waals surface area contributed by atoms with E-state index in [-0.39, 0.29) is 0 Å². The van der Waals surface area contributed by atoms with Crippen LogP contribution in [-0.4, -0.2) is 42.4 Å². The van der Waals surface area contributed by atoms with Gasteiger partial charge in [0.05, 0.1) is 12.8 Å². The molecule has 2 N–H and O–H groups in total. The second kappa shape index (κ2) is 6.11. The zero-order valence-corrected chi connectivity index (χ0v) is 10.3. The summed E-state index contributed by atoms with van der Waals surface area (Å²) in [5.41, 5.74) is 0.329. The number of hydrogen-bond acceptors (Lipinski definition) is 4. The van der Waals surface area contributed by atoms with Gasteiger partial charge in [0.2, 0.25) is 0 Å². The molecule has 0 bridgehead atoms. The summed E-state index contributed by atoms with van der Waals surface area (Å²) in [6.07, 6.45) is 0. The first-order valence-electron chi connectivity index (χ1n) is 4.96. The maximum Gasteiger partial charge on any atom is 0.323 e. The molecule has 0 saturated heterocycles. The first-order chi connectivity index (χ1) is 8.43. The standard InChI is InChI=1S/C11H12ClNO5/c1-18-9-3-2-7(12)4-8(9)13(5-10(14)15)6-11(16)17/h2-4H,5-6H2,1H3,(H,14,15)(H,16,17). The lowest BCUT2D eigenvalue weighted by atomic mass is 10.2. The highest BCUT2D eigenvalue weighted by atomic mass is 35.5. The lowest BCUT2D eigenvalue weighted by molar-refractivity contribution is -0.136. The molecule has 0 radical (unpaired) electrons. The number of ether oxygens (including phenoxy) is 1. The minimum absolute atomic E-state index is 0.329. The molecule has 6 nitrogen and oxygen atoms in total. The van der Waals surface area contributed by atoms with Crippen LogP contribution in [0.3, 0.4) is 0 Å². The number of carbonyl (C=O) groups is 2. The Morgan fingerprint density at radius 3 is 2.28 bits per heavy atom. The second-order valence-corrected chi connectivity index (χ2v) is 3.90. The molecule has 98 valence electrons. The Bertz CT molecular complexity index is 447. The molecule has 7 heteroatoms. The van der Waals surface area contributed by atoms with Gasteiger partial charge in [-0.05, 0) is 18.2 Å². The van der Waals surface area contributed by atoms with Gasteiger partial charge in [0.25, 0.3) is 0 Å². The fourth-order valence-electron chi connectivity index (χ4n) is 1.46. The quantitative estimate of drug-likeness (QED) is 0.813. The highest BCUT2D eigenvalue weighted by molar-refractivity contribution is 6.31. The number of rotatable bonds is 6. The average molecular weight is 274 g/mol. The van der Waals surface area contributed by atoms with Crippen molar-refractivity contribution in [2.24, 2.45) is 0 Å². The van der Waals surface area contributed by atoms with E-state index in [4.69, 9.17) is 26.6 Å². The molecule has 0 atom stereocenters. The van der Waals surface area contributed by atoms with Crippen molar-refractivity contribution in [3.05, 3.63) is 23.2 Å². The van der Waals surface area contributed by atoms with Gasteiger partial charge in [-0.1, -0.05) is 11.6 Å². The first-order valence-corrected chi connectivity index (χ1v) is 5.34. The number of benzene rings is 1. The Morgan fingerprint density at radius 1 is 1.28 bits per heavy atom. The van der Waals surface area contributed by atoms with Crippen molar-refractivity contribution in [2.45, 2.75) is 0 Å². The Balaban J connectivity index is 3.13. The third-order valence-electron chi connectivity index (χ3n) is 2.13. The van der Waals surface area contributed by atoms with Gasteiger partial charge in [-0.3, -0.25) is 9.59 Å². The van der Waals surface area contributed by atoms with E-state index in [1.807, 2.05) is 0 Å². The van der Waals surface area contributed by atoms with E-state index in [0.29, 0.717) is 16.5 Å². The highest BCUT2D eigenvalue weighted by Gasteiger charge is 2.18. The van der Waals surface area contributed by atoms with Gasteiger partial charge in [-0.15, -0.1) is 0 Å². The van der Waals surface area contributed by atoms with Crippen molar-refractivity contribution >= 4 is 29.2 Å². The number of hydrogen-bond donors (Lipinski definition) is 2. The Hall–Kier alpha value is -1.95. The molecule has 0 fully saturated rings. The normalized spacial score (nSPS) is 9.89. The van der Waals surface area contributed by atoms with Gasteiger partial charge in [-0.2, -0.15) is 0 Å². The number of nitrogens with zero attached hydrogens (tertiary/aromatic N) is 1. The summed E-state index contributed by atoms with van der Waals surface area (Å²) >= 11 is 5.81. The summed E-state index contributed by atoms with van der Waals surface area (Å²) in [5.74, 6) is -1.92. The summed E-state index contributed by atoms with van der Waals surface area (Å²) in [5, 5.41) is 17.9. The molecule has 0 amide bonds. The molecule has 0 aliphatic rings. The Morgan fingerprint density at radius 2 is 1.83 bits per heavy atom. The van der Waals surface area contributed by atoms with Crippen LogP contribution in [0.5, 0.6) is 5.75 Å². The number of aliphatic carboxylic acids is 2. The van der Waals surface area contributed by atoms with Crippen LogP contribution in [0, 0.1) is 0 Å². The number of halogens is 1. The zero-order chi connectivity index (χ0) is 13.7. The van der Waals surface area contributed by atoms with Gasteiger partial charge >= 0.3 is 11.9 Å². The van der Waals surface area contributed by atoms with Crippen LogP contribution in [0.25, 0.3) is 0 Å². The van der Waals surface area contributed by atoms with Crippen LogP contribution in [0.4, 0.5) is 5.69 Å². The van der Waals surface area contributed by atoms with Crippen molar-refractivity contribution in [3.63, 3.8) is 0 Å². The minimum atomic E-state index is -1.14. The number of anilines is 1. The average Bonchev–Trinajstić information content (AvgIpc) is 2.26. The number of carboxylic acid groups (broad SMARTS) is 2. The number of carboxylic acids is 2. The lowest BCUT2D eigenvalue weighted by Gasteiger charge is -2.23. The topological polar surface area (TPSA) is 87.1 Å². The lowest BCUT2D eigenvalue weighted by Crippen LogP contribution is -2.34. The fraction of sp³-hybridized carbons (Fsp3) is 0.273. The third-order valence-corrected chi connectivity index (χ3v) is 2.37. The molecule has 1 aromatic carbocycles. The second-order valence-electron chi connectivity index (χ2n) is 3.46. The summed E-state index contributed by atoms with van der Waals surface area (Å²) in [6.45, 7) is -0.911. The maximum absolute atomic E-state index is 10.7. The van der Waals surface area contributed by atoms with E-state index in [9.17, 15) is 9.59 Å². The minimum Gasteiger partial charge on any atom is -0.495 e.